The molecule has 0 aromatic heterocycles. The Bertz CT molecular complexity index is 749. The smallest absolute Gasteiger partial charge is 0.247 e. The lowest BCUT2D eigenvalue weighted by molar-refractivity contribution is -0.117. The van der Waals surface area contributed by atoms with Gasteiger partial charge in [0.15, 0.2) is 0 Å². The van der Waals surface area contributed by atoms with E-state index >= 15 is 0 Å². The van der Waals surface area contributed by atoms with E-state index in [1.807, 2.05) is 43.3 Å². The van der Waals surface area contributed by atoms with E-state index in [0.29, 0.717) is 0 Å². The first kappa shape index (κ1) is 19.9. The summed E-state index contributed by atoms with van der Waals surface area (Å²) in [5, 5.41) is 3.02. The van der Waals surface area contributed by atoms with Crippen molar-refractivity contribution in [3.8, 4) is 5.75 Å². The van der Waals surface area contributed by atoms with Crippen molar-refractivity contribution in [1.82, 2.24) is 0 Å². The van der Waals surface area contributed by atoms with Crippen LogP contribution in [0.4, 0.5) is 17.1 Å². The van der Waals surface area contributed by atoms with Gasteiger partial charge < -0.3 is 20.7 Å². The van der Waals surface area contributed by atoms with Gasteiger partial charge >= 0.3 is 0 Å². The van der Waals surface area contributed by atoms with Gasteiger partial charge in [0.1, 0.15) is 11.8 Å². The molecule has 1 aliphatic rings. The van der Waals surface area contributed by atoms with Crippen LogP contribution >= 0.6 is 12.4 Å². The van der Waals surface area contributed by atoms with Gasteiger partial charge in [-0.3, -0.25) is 4.79 Å². The first-order chi connectivity index (χ1) is 12.1. The van der Waals surface area contributed by atoms with E-state index < -0.39 is 0 Å². The summed E-state index contributed by atoms with van der Waals surface area (Å²) in [5.74, 6) is 0.772. The quantitative estimate of drug-likeness (QED) is 0.778. The van der Waals surface area contributed by atoms with Crippen LogP contribution in [-0.4, -0.2) is 25.6 Å². The van der Waals surface area contributed by atoms with Crippen molar-refractivity contribution < 1.29 is 9.53 Å². The fraction of sp³-hybridized carbons (Fsp3) is 0.350. The Labute approximate surface area is 160 Å². The van der Waals surface area contributed by atoms with E-state index in [0.717, 1.165) is 54.2 Å². The molecule has 2 aromatic rings. The number of rotatable bonds is 5. The SMILES string of the molecule is CCC(C(=O)Nc1ccc(OC)cc1)N1CCCc2c(N)cccc21.Cl. The minimum Gasteiger partial charge on any atom is -0.497 e. The average Bonchev–Trinajstić information content (AvgIpc) is 2.64. The van der Waals surface area contributed by atoms with Gasteiger partial charge in [-0.25, -0.2) is 0 Å². The van der Waals surface area contributed by atoms with Gasteiger partial charge in [-0.15, -0.1) is 12.4 Å². The van der Waals surface area contributed by atoms with E-state index in [4.69, 9.17) is 10.5 Å². The second-order valence-corrected chi connectivity index (χ2v) is 6.28. The van der Waals surface area contributed by atoms with Gasteiger partial charge in [0.25, 0.3) is 0 Å². The Balaban J connectivity index is 0.00000243. The summed E-state index contributed by atoms with van der Waals surface area (Å²) in [6.07, 6.45) is 2.71. The number of carbonyl (C=O) groups excluding carboxylic acids is 1. The third-order valence-corrected chi connectivity index (χ3v) is 4.75. The van der Waals surface area contributed by atoms with Crippen LogP contribution in [0.2, 0.25) is 0 Å². The molecule has 0 fully saturated rings. The van der Waals surface area contributed by atoms with E-state index in [1.54, 1.807) is 7.11 Å². The number of nitrogens with zero attached hydrogens (tertiary/aromatic N) is 1. The van der Waals surface area contributed by atoms with Gasteiger partial charge in [0, 0.05) is 23.6 Å². The number of halogens is 1. The number of carbonyl (C=O) groups is 1. The maximum atomic E-state index is 12.9. The molecular weight excluding hydrogens is 350 g/mol. The molecule has 0 bridgehead atoms. The highest BCUT2D eigenvalue weighted by atomic mass is 35.5. The van der Waals surface area contributed by atoms with Crippen LogP contribution in [0.25, 0.3) is 0 Å². The third kappa shape index (κ3) is 4.05. The number of nitrogens with one attached hydrogen (secondary N) is 1. The van der Waals surface area contributed by atoms with Crippen molar-refractivity contribution in [2.24, 2.45) is 0 Å². The first-order valence-corrected chi connectivity index (χ1v) is 8.73. The lowest BCUT2D eigenvalue weighted by Gasteiger charge is -2.37. The molecule has 0 saturated carbocycles. The van der Waals surface area contributed by atoms with Crippen LogP contribution in [0.1, 0.15) is 25.3 Å². The fourth-order valence-electron chi connectivity index (χ4n) is 3.45. The average molecular weight is 376 g/mol. The molecule has 1 aliphatic heterocycles. The molecular formula is C20H26ClN3O2. The minimum atomic E-state index is -0.219. The zero-order chi connectivity index (χ0) is 17.8. The lowest BCUT2D eigenvalue weighted by Crippen LogP contribution is -2.46. The van der Waals surface area contributed by atoms with Gasteiger partial charge in [-0.2, -0.15) is 0 Å². The van der Waals surface area contributed by atoms with Crippen LogP contribution < -0.4 is 20.7 Å². The molecule has 5 nitrogen and oxygen atoms in total. The predicted octanol–water partition coefficient (Wildman–Crippen LogP) is 3.87. The molecule has 0 spiro atoms. The normalized spacial score (nSPS) is 14.0. The van der Waals surface area contributed by atoms with Crippen LogP contribution in [-0.2, 0) is 11.2 Å². The van der Waals surface area contributed by atoms with Gasteiger partial charge in [0.2, 0.25) is 5.91 Å². The number of methoxy groups -OCH3 is 1. The van der Waals surface area contributed by atoms with Crippen molar-refractivity contribution in [3.63, 3.8) is 0 Å². The molecule has 1 heterocycles. The fourth-order valence-corrected chi connectivity index (χ4v) is 3.45. The molecule has 0 saturated heterocycles. The van der Waals surface area contributed by atoms with Gasteiger partial charge in [0.05, 0.1) is 7.11 Å². The number of nitrogen functional groups attached to an aromatic ring is 1. The second-order valence-electron chi connectivity index (χ2n) is 6.28. The van der Waals surface area contributed by atoms with Crippen LogP contribution in [0, 0.1) is 0 Å². The summed E-state index contributed by atoms with van der Waals surface area (Å²) in [6.45, 7) is 2.91. The molecule has 0 radical (unpaired) electrons. The summed E-state index contributed by atoms with van der Waals surface area (Å²) >= 11 is 0. The molecule has 3 rings (SSSR count). The number of ether oxygens (including phenoxy) is 1. The lowest BCUT2D eigenvalue weighted by atomic mass is 9.97. The van der Waals surface area contributed by atoms with Crippen LogP contribution in [0.15, 0.2) is 42.5 Å². The summed E-state index contributed by atoms with van der Waals surface area (Å²) < 4.78 is 5.16. The highest BCUT2D eigenvalue weighted by Crippen LogP contribution is 2.33. The van der Waals surface area contributed by atoms with Crippen molar-refractivity contribution in [2.45, 2.75) is 32.2 Å². The number of amides is 1. The van der Waals surface area contributed by atoms with Crippen molar-refractivity contribution in [3.05, 3.63) is 48.0 Å². The number of anilines is 3. The number of hydrogen-bond acceptors (Lipinski definition) is 4. The van der Waals surface area contributed by atoms with Gasteiger partial charge in [-0.05, 0) is 61.2 Å². The molecule has 3 N–H and O–H groups in total. The first-order valence-electron chi connectivity index (χ1n) is 8.73. The van der Waals surface area contributed by atoms with E-state index in [2.05, 4.69) is 16.3 Å². The van der Waals surface area contributed by atoms with Crippen LogP contribution in [0.5, 0.6) is 5.75 Å². The van der Waals surface area contributed by atoms with Gasteiger partial charge in [-0.1, -0.05) is 13.0 Å². The third-order valence-electron chi connectivity index (χ3n) is 4.75. The minimum absolute atomic E-state index is 0. The predicted molar refractivity (Wildman–Crippen MR) is 109 cm³/mol. The van der Waals surface area contributed by atoms with E-state index in [1.165, 1.54) is 0 Å². The Hall–Kier alpha value is -2.40. The Morgan fingerprint density at radius 2 is 2.00 bits per heavy atom. The highest BCUT2D eigenvalue weighted by molar-refractivity contribution is 5.97. The number of benzene rings is 2. The molecule has 0 aliphatic carbocycles. The largest absolute Gasteiger partial charge is 0.497 e. The Morgan fingerprint density at radius 1 is 1.27 bits per heavy atom. The molecule has 26 heavy (non-hydrogen) atoms. The Morgan fingerprint density at radius 3 is 2.65 bits per heavy atom. The van der Waals surface area contributed by atoms with Crippen molar-refractivity contribution >= 4 is 35.4 Å². The molecule has 1 unspecified atom stereocenters. The summed E-state index contributed by atoms with van der Waals surface area (Å²) in [5.41, 5.74) is 9.96. The molecule has 140 valence electrons. The maximum Gasteiger partial charge on any atom is 0.247 e. The summed E-state index contributed by atoms with van der Waals surface area (Å²) in [7, 11) is 1.63. The van der Waals surface area contributed by atoms with E-state index in [9.17, 15) is 4.79 Å². The molecule has 2 aromatic carbocycles. The Kier molecular flexibility index (Phi) is 6.75. The second kappa shape index (κ2) is 8.81. The molecule has 1 atom stereocenters. The van der Waals surface area contributed by atoms with Crippen LogP contribution in [0.3, 0.4) is 0 Å². The zero-order valence-corrected chi connectivity index (χ0v) is 16.0. The maximum absolute atomic E-state index is 12.9. The zero-order valence-electron chi connectivity index (χ0n) is 15.2. The van der Waals surface area contributed by atoms with Crippen molar-refractivity contribution in [2.75, 3.05) is 29.6 Å². The molecule has 1 amide bonds. The highest BCUT2D eigenvalue weighted by Gasteiger charge is 2.29. The topological polar surface area (TPSA) is 67.6 Å². The number of hydrogen-bond donors (Lipinski definition) is 2. The monoisotopic (exact) mass is 375 g/mol. The number of nitrogens with two attached hydrogens (primary N) is 1. The standard InChI is InChI=1S/C20H25N3O2.ClH/c1-3-18(20(24)22-14-9-11-15(25-2)12-10-14)23-13-5-6-16-17(21)7-4-8-19(16)23;/h4,7-12,18H,3,5-6,13,21H2,1-2H3,(H,22,24);1H. The van der Waals surface area contributed by atoms with Crippen molar-refractivity contribution in [1.29, 1.82) is 0 Å². The number of fused-ring (bicyclic) bond motifs is 1. The summed E-state index contributed by atoms with van der Waals surface area (Å²) in [6, 6.07) is 13.1. The summed E-state index contributed by atoms with van der Waals surface area (Å²) in [4.78, 5) is 15.1. The van der Waals surface area contributed by atoms with E-state index in [-0.39, 0.29) is 24.4 Å². The molecule has 6 heteroatoms.